The number of aryl methyl sites for hydroxylation is 1. The zero-order chi connectivity index (χ0) is 17.6. The van der Waals surface area contributed by atoms with Crippen molar-refractivity contribution in [2.45, 2.75) is 32.7 Å². The molecule has 4 nitrogen and oxygen atoms in total. The Morgan fingerprint density at radius 1 is 1.04 bits per heavy atom. The minimum absolute atomic E-state index is 0.138. The lowest BCUT2D eigenvalue weighted by molar-refractivity contribution is 0.0746. The van der Waals surface area contributed by atoms with Crippen LogP contribution in [0.1, 0.15) is 40.6 Å². The van der Waals surface area contributed by atoms with E-state index in [9.17, 15) is 9.18 Å². The number of hydrogen-bond donors (Lipinski definition) is 0. The molecule has 1 aromatic heterocycles. The molecule has 0 unspecified atom stereocenters. The van der Waals surface area contributed by atoms with Crippen molar-refractivity contribution in [3.05, 3.63) is 53.1 Å². The van der Waals surface area contributed by atoms with Gasteiger partial charge in [-0.05, 0) is 57.0 Å². The molecule has 1 saturated heterocycles. The summed E-state index contributed by atoms with van der Waals surface area (Å²) in [6.07, 6.45) is 2.45. The van der Waals surface area contributed by atoms with Gasteiger partial charge in [-0.3, -0.25) is 4.79 Å². The van der Waals surface area contributed by atoms with E-state index in [1.165, 1.54) is 30.7 Å². The molecule has 4 rings (SSSR count). The summed E-state index contributed by atoms with van der Waals surface area (Å²) in [5.41, 5.74) is 4.15. The number of nitrogens with zero attached hydrogens (tertiary/aromatic N) is 3. The standard InChI is InChI=1S/C20H24FN3O/c1-14-13-19(15(2)24(14)18-7-8-18)20(25)23-11-9-22(10-12-23)17-5-3-16(21)4-6-17/h3-6,13,18H,7-12H2,1-2H3. The van der Waals surface area contributed by atoms with Gasteiger partial charge in [0.1, 0.15) is 5.82 Å². The van der Waals surface area contributed by atoms with E-state index in [0.717, 1.165) is 30.0 Å². The average molecular weight is 341 g/mol. The first-order valence-corrected chi connectivity index (χ1v) is 9.03. The van der Waals surface area contributed by atoms with Gasteiger partial charge < -0.3 is 14.4 Å². The summed E-state index contributed by atoms with van der Waals surface area (Å²) in [4.78, 5) is 17.1. The van der Waals surface area contributed by atoms with Crippen LogP contribution in [0.4, 0.5) is 10.1 Å². The van der Waals surface area contributed by atoms with Crippen LogP contribution < -0.4 is 4.90 Å². The molecule has 1 aliphatic heterocycles. The van der Waals surface area contributed by atoms with Gasteiger partial charge in [-0.2, -0.15) is 0 Å². The molecule has 1 saturated carbocycles. The summed E-state index contributed by atoms with van der Waals surface area (Å²) in [6, 6.07) is 9.21. The molecule has 0 bridgehead atoms. The number of amides is 1. The van der Waals surface area contributed by atoms with E-state index in [1.54, 1.807) is 12.1 Å². The molecule has 2 aliphatic rings. The highest BCUT2D eigenvalue weighted by atomic mass is 19.1. The SMILES string of the molecule is Cc1cc(C(=O)N2CCN(c3ccc(F)cc3)CC2)c(C)n1C1CC1. The van der Waals surface area contributed by atoms with Crippen LogP contribution in [-0.4, -0.2) is 41.6 Å². The van der Waals surface area contributed by atoms with E-state index in [2.05, 4.69) is 23.3 Å². The second kappa shape index (κ2) is 6.21. The normalized spacial score (nSPS) is 17.9. The Balaban J connectivity index is 1.45. The molecule has 1 aliphatic carbocycles. The molecule has 2 fully saturated rings. The summed E-state index contributed by atoms with van der Waals surface area (Å²) in [5, 5.41) is 0. The number of piperazine rings is 1. The zero-order valence-corrected chi connectivity index (χ0v) is 14.8. The maximum absolute atomic E-state index is 13.1. The summed E-state index contributed by atoms with van der Waals surface area (Å²) in [7, 11) is 0. The molecule has 0 radical (unpaired) electrons. The molecule has 1 amide bonds. The van der Waals surface area contributed by atoms with Crippen LogP contribution in [0.25, 0.3) is 0 Å². The van der Waals surface area contributed by atoms with Crippen molar-refractivity contribution < 1.29 is 9.18 Å². The summed E-state index contributed by atoms with van der Waals surface area (Å²) in [6.45, 7) is 7.10. The van der Waals surface area contributed by atoms with Gasteiger partial charge in [-0.1, -0.05) is 0 Å². The first kappa shape index (κ1) is 16.2. The van der Waals surface area contributed by atoms with E-state index in [1.807, 2.05) is 11.0 Å². The van der Waals surface area contributed by atoms with E-state index in [0.29, 0.717) is 19.1 Å². The molecule has 132 valence electrons. The van der Waals surface area contributed by atoms with Crippen molar-refractivity contribution in [3.63, 3.8) is 0 Å². The molecule has 5 heteroatoms. The fourth-order valence-corrected chi connectivity index (χ4v) is 3.88. The molecular formula is C20H24FN3O. The van der Waals surface area contributed by atoms with Gasteiger partial charge >= 0.3 is 0 Å². The topological polar surface area (TPSA) is 28.5 Å². The van der Waals surface area contributed by atoms with Crippen molar-refractivity contribution >= 4 is 11.6 Å². The first-order chi connectivity index (χ1) is 12.0. The average Bonchev–Trinajstić information content (AvgIpc) is 3.40. The molecule has 0 N–H and O–H groups in total. The van der Waals surface area contributed by atoms with Crippen LogP contribution in [0.5, 0.6) is 0 Å². The summed E-state index contributed by atoms with van der Waals surface area (Å²) in [5.74, 6) is -0.0812. The highest BCUT2D eigenvalue weighted by molar-refractivity contribution is 5.96. The minimum Gasteiger partial charge on any atom is -0.368 e. The molecule has 2 heterocycles. The third-order valence-electron chi connectivity index (χ3n) is 5.39. The highest BCUT2D eigenvalue weighted by Gasteiger charge is 2.30. The maximum Gasteiger partial charge on any atom is 0.255 e. The maximum atomic E-state index is 13.1. The van der Waals surface area contributed by atoms with E-state index in [-0.39, 0.29) is 11.7 Å². The van der Waals surface area contributed by atoms with Gasteiger partial charge in [0.05, 0.1) is 5.56 Å². The van der Waals surface area contributed by atoms with Crippen molar-refractivity contribution in [1.29, 1.82) is 0 Å². The number of aromatic nitrogens is 1. The van der Waals surface area contributed by atoms with Crippen LogP contribution in [0, 0.1) is 19.7 Å². The van der Waals surface area contributed by atoms with Crippen molar-refractivity contribution in [1.82, 2.24) is 9.47 Å². The number of carbonyl (C=O) groups is 1. The molecule has 0 atom stereocenters. The van der Waals surface area contributed by atoms with Crippen LogP contribution in [0.2, 0.25) is 0 Å². The van der Waals surface area contributed by atoms with Crippen LogP contribution >= 0.6 is 0 Å². The lowest BCUT2D eigenvalue weighted by Crippen LogP contribution is -2.48. The number of hydrogen-bond acceptors (Lipinski definition) is 2. The van der Waals surface area contributed by atoms with Gasteiger partial charge in [-0.15, -0.1) is 0 Å². The third-order valence-corrected chi connectivity index (χ3v) is 5.39. The number of carbonyl (C=O) groups excluding carboxylic acids is 1. The van der Waals surface area contributed by atoms with Gasteiger partial charge in [0.15, 0.2) is 0 Å². The molecule has 1 aromatic carbocycles. The minimum atomic E-state index is -0.219. The Bertz CT molecular complexity index is 784. The van der Waals surface area contributed by atoms with Crippen molar-refractivity contribution in [2.24, 2.45) is 0 Å². The Morgan fingerprint density at radius 3 is 2.28 bits per heavy atom. The van der Waals surface area contributed by atoms with Gasteiger partial charge in [0.2, 0.25) is 0 Å². The van der Waals surface area contributed by atoms with Crippen molar-refractivity contribution in [3.8, 4) is 0 Å². The van der Waals surface area contributed by atoms with E-state index in [4.69, 9.17) is 0 Å². The van der Waals surface area contributed by atoms with Crippen LogP contribution in [0.15, 0.2) is 30.3 Å². The number of rotatable bonds is 3. The predicted octanol–water partition coefficient (Wildman–Crippen LogP) is 3.54. The quantitative estimate of drug-likeness (QED) is 0.854. The Labute approximate surface area is 147 Å². The van der Waals surface area contributed by atoms with Crippen LogP contribution in [0.3, 0.4) is 0 Å². The highest BCUT2D eigenvalue weighted by Crippen LogP contribution is 2.38. The number of halogens is 1. The Hall–Kier alpha value is -2.30. The van der Waals surface area contributed by atoms with E-state index < -0.39 is 0 Å². The van der Waals surface area contributed by atoms with Crippen molar-refractivity contribution in [2.75, 3.05) is 31.1 Å². The Kier molecular flexibility index (Phi) is 4.02. The lowest BCUT2D eigenvalue weighted by Gasteiger charge is -2.36. The smallest absolute Gasteiger partial charge is 0.255 e. The first-order valence-electron chi connectivity index (χ1n) is 9.03. The lowest BCUT2D eigenvalue weighted by atomic mass is 10.2. The third kappa shape index (κ3) is 3.03. The molecule has 0 spiro atoms. The summed E-state index contributed by atoms with van der Waals surface area (Å²) >= 11 is 0. The number of anilines is 1. The van der Waals surface area contributed by atoms with Gasteiger partial charge in [-0.25, -0.2) is 4.39 Å². The fourth-order valence-electron chi connectivity index (χ4n) is 3.88. The molecule has 2 aromatic rings. The van der Waals surface area contributed by atoms with Gasteiger partial charge in [0.25, 0.3) is 5.91 Å². The monoisotopic (exact) mass is 341 g/mol. The fraction of sp³-hybridized carbons (Fsp3) is 0.450. The predicted molar refractivity (Wildman–Crippen MR) is 96.7 cm³/mol. The summed E-state index contributed by atoms with van der Waals surface area (Å²) < 4.78 is 15.4. The van der Waals surface area contributed by atoms with E-state index >= 15 is 0 Å². The number of benzene rings is 1. The molecule has 25 heavy (non-hydrogen) atoms. The zero-order valence-electron chi connectivity index (χ0n) is 14.8. The van der Waals surface area contributed by atoms with Crippen LogP contribution in [-0.2, 0) is 0 Å². The largest absolute Gasteiger partial charge is 0.368 e. The Morgan fingerprint density at radius 2 is 1.68 bits per heavy atom. The second-order valence-corrected chi connectivity index (χ2v) is 7.14. The molecular weight excluding hydrogens is 317 g/mol. The second-order valence-electron chi connectivity index (χ2n) is 7.14. The van der Waals surface area contributed by atoms with Gasteiger partial charge in [0, 0.05) is 49.3 Å².